The summed E-state index contributed by atoms with van der Waals surface area (Å²) in [6, 6.07) is 11.0. The van der Waals surface area contributed by atoms with Gasteiger partial charge in [0, 0.05) is 32.0 Å². The van der Waals surface area contributed by atoms with E-state index in [1.807, 2.05) is 16.8 Å². The van der Waals surface area contributed by atoms with Crippen LogP contribution in [-0.4, -0.2) is 42.3 Å². The molecule has 2 aromatic heterocycles. The van der Waals surface area contributed by atoms with Crippen LogP contribution in [0.5, 0.6) is 0 Å². The Morgan fingerprint density at radius 1 is 1.15 bits per heavy atom. The van der Waals surface area contributed by atoms with Crippen molar-refractivity contribution in [3.8, 4) is 0 Å². The molecular weight excluding hydrogens is 344 g/mol. The minimum absolute atomic E-state index is 0.315. The van der Waals surface area contributed by atoms with Crippen LogP contribution >= 0.6 is 0 Å². The number of aromatic nitrogens is 4. The number of hydrogen-bond acceptors (Lipinski definition) is 6. The highest BCUT2D eigenvalue weighted by Gasteiger charge is 2.18. The predicted octanol–water partition coefficient (Wildman–Crippen LogP) is 2.00. The summed E-state index contributed by atoms with van der Waals surface area (Å²) in [5, 5.41) is 16.8. The van der Waals surface area contributed by atoms with Gasteiger partial charge in [0.15, 0.2) is 0 Å². The Balaban J connectivity index is 1.36. The summed E-state index contributed by atoms with van der Waals surface area (Å²) in [5.41, 5.74) is 3.56. The van der Waals surface area contributed by atoms with Crippen molar-refractivity contribution in [3.63, 3.8) is 0 Å². The van der Waals surface area contributed by atoms with Gasteiger partial charge in [0.25, 0.3) is 0 Å². The molecule has 1 aliphatic heterocycles. The molecule has 3 aromatic rings. The van der Waals surface area contributed by atoms with Gasteiger partial charge in [0.05, 0.1) is 30.0 Å². The topological polar surface area (TPSA) is 96.2 Å². The molecule has 0 bridgehead atoms. The molecule has 0 spiro atoms. The van der Waals surface area contributed by atoms with Crippen molar-refractivity contribution in [1.29, 1.82) is 0 Å². The number of carboxylic acid groups (broad SMARTS) is 1. The van der Waals surface area contributed by atoms with E-state index in [4.69, 9.17) is 5.11 Å². The number of nitrogens with zero attached hydrogens (tertiary/aromatic N) is 5. The molecule has 8 nitrogen and oxygen atoms in total. The van der Waals surface area contributed by atoms with Crippen LogP contribution in [0.25, 0.3) is 0 Å². The number of anilines is 1. The molecular formula is C19H20N6O2. The number of hydrogen-bond donors (Lipinski definition) is 2. The quantitative estimate of drug-likeness (QED) is 0.690. The molecule has 1 aliphatic rings. The van der Waals surface area contributed by atoms with Crippen molar-refractivity contribution in [2.75, 3.05) is 11.9 Å². The van der Waals surface area contributed by atoms with Crippen molar-refractivity contribution in [2.45, 2.75) is 26.2 Å². The number of carbonyl (C=O) groups is 1. The summed E-state index contributed by atoms with van der Waals surface area (Å²) in [7, 11) is 0. The Labute approximate surface area is 156 Å². The maximum atomic E-state index is 11.0. The van der Waals surface area contributed by atoms with Crippen LogP contribution < -0.4 is 5.32 Å². The van der Waals surface area contributed by atoms with Gasteiger partial charge in [0.2, 0.25) is 5.95 Å². The first-order valence-electron chi connectivity index (χ1n) is 8.78. The Morgan fingerprint density at radius 2 is 1.93 bits per heavy atom. The van der Waals surface area contributed by atoms with Gasteiger partial charge in [-0.05, 0) is 29.8 Å². The van der Waals surface area contributed by atoms with E-state index in [0.29, 0.717) is 18.1 Å². The summed E-state index contributed by atoms with van der Waals surface area (Å²) in [5.74, 6) is -0.305. The molecule has 3 heterocycles. The molecule has 27 heavy (non-hydrogen) atoms. The molecule has 4 rings (SSSR count). The van der Waals surface area contributed by atoms with Crippen molar-refractivity contribution >= 4 is 11.9 Å². The minimum atomic E-state index is -0.898. The van der Waals surface area contributed by atoms with Crippen molar-refractivity contribution in [1.82, 2.24) is 24.6 Å². The molecule has 0 radical (unpaired) electrons. The molecule has 0 unspecified atom stereocenters. The van der Waals surface area contributed by atoms with Crippen molar-refractivity contribution in [3.05, 3.63) is 71.3 Å². The van der Waals surface area contributed by atoms with Crippen LogP contribution in [-0.2, 0) is 26.2 Å². The lowest BCUT2D eigenvalue weighted by Gasteiger charge is -2.27. The summed E-state index contributed by atoms with van der Waals surface area (Å²) in [4.78, 5) is 21.6. The van der Waals surface area contributed by atoms with Gasteiger partial charge >= 0.3 is 5.97 Å². The molecule has 1 aromatic carbocycles. The molecule has 0 saturated carbocycles. The summed E-state index contributed by atoms with van der Waals surface area (Å²) >= 11 is 0. The van der Waals surface area contributed by atoms with E-state index in [1.165, 1.54) is 5.69 Å². The summed E-state index contributed by atoms with van der Waals surface area (Å²) in [6.45, 7) is 3.93. The zero-order valence-corrected chi connectivity index (χ0v) is 14.7. The molecule has 2 N–H and O–H groups in total. The number of nitrogens with one attached hydrogen (secondary N) is 1. The monoisotopic (exact) mass is 364 g/mol. The second-order valence-corrected chi connectivity index (χ2v) is 6.49. The molecule has 0 fully saturated rings. The minimum Gasteiger partial charge on any atom is -0.478 e. The van der Waals surface area contributed by atoms with E-state index in [-0.39, 0.29) is 0 Å². The highest BCUT2D eigenvalue weighted by molar-refractivity contribution is 5.87. The normalized spacial score (nSPS) is 13.9. The maximum Gasteiger partial charge on any atom is 0.335 e. The first-order valence-corrected chi connectivity index (χ1v) is 8.78. The van der Waals surface area contributed by atoms with E-state index in [9.17, 15) is 4.79 Å². The number of aromatic carboxylic acids is 1. The third-order valence-electron chi connectivity index (χ3n) is 4.53. The maximum absolute atomic E-state index is 11.0. The van der Waals surface area contributed by atoms with Crippen LogP contribution in [0.4, 0.5) is 5.95 Å². The van der Waals surface area contributed by atoms with E-state index in [0.717, 1.165) is 37.4 Å². The fraction of sp³-hybridized carbons (Fsp3) is 0.263. The van der Waals surface area contributed by atoms with Gasteiger partial charge in [-0.15, -0.1) is 0 Å². The van der Waals surface area contributed by atoms with Crippen LogP contribution in [0.1, 0.15) is 27.3 Å². The van der Waals surface area contributed by atoms with E-state index in [1.54, 1.807) is 30.6 Å². The first kappa shape index (κ1) is 17.2. The van der Waals surface area contributed by atoms with Crippen LogP contribution in [0.15, 0.2) is 48.8 Å². The SMILES string of the molecule is O=C(O)c1ccc(CN2CCn3nc(CNc4ncccn4)cc3C2)cc1. The smallest absolute Gasteiger partial charge is 0.335 e. The van der Waals surface area contributed by atoms with Gasteiger partial charge in [-0.3, -0.25) is 9.58 Å². The lowest BCUT2D eigenvalue weighted by atomic mass is 10.1. The lowest BCUT2D eigenvalue weighted by molar-refractivity contribution is 0.0697. The molecule has 0 saturated heterocycles. The number of benzene rings is 1. The third kappa shape index (κ3) is 4.12. The Kier molecular flexibility index (Phi) is 4.80. The fourth-order valence-corrected chi connectivity index (χ4v) is 3.17. The Hall–Kier alpha value is -3.26. The van der Waals surface area contributed by atoms with E-state index < -0.39 is 5.97 Å². The third-order valence-corrected chi connectivity index (χ3v) is 4.53. The van der Waals surface area contributed by atoms with Crippen LogP contribution in [0, 0.1) is 0 Å². The Morgan fingerprint density at radius 3 is 2.67 bits per heavy atom. The fourth-order valence-electron chi connectivity index (χ4n) is 3.17. The van der Waals surface area contributed by atoms with Gasteiger partial charge in [-0.25, -0.2) is 14.8 Å². The van der Waals surface area contributed by atoms with Gasteiger partial charge in [-0.1, -0.05) is 12.1 Å². The average molecular weight is 364 g/mol. The highest BCUT2D eigenvalue weighted by Crippen LogP contribution is 2.17. The standard InChI is InChI=1S/C19H20N6O2/c26-18(27)15-4-2-14(3-5-15)12-24-8-9-25-17(13-24)10-16(23-25)11-22-19-20-6-1-7-21-19/h1-7,10H,8-9,11-13H2,(H,26,27)(H,20,21,22). The Bertz CT molecular complexity index is 923. The lowest BCUT2D eigenvalue weighted by Crippen LogP contribution is -2.33. The predicted molar refractivity (Wildman–Crippen MR) is 99.1 cm³/mol. The molecule has 0 aliphatic carbocycles. The van der Waals surface area contributed by atoms with Crippen LogP contribution in [0.2, 0.25) is 0 Å². The summed E-state index contributed by atoms with van der Waals surface area (Å²) in [6.07, 6.45) is 3.41. The molecule has 138 valence electrons. The van der Waals surface area contributed by atoms with Gasteiger partial charge < -0.3 is 10.4 Å². The highest BCUT2D eigenvalue weighted by atomic mass is 16.4. The van der Waals surface area contributed by atoms with Gasteiger partial charge in [0.1, 0.15) is 0 Å². The molecule has 0 amide bonds. The average Bonchev–Trinajstić information content (AvgIpc) is 3.10. The first-order chi connectivity index (χ1) is 13.2. The number of fused-ring (bicyclic) bond motifs is 1. The van der Waals surface area contributed by atoms with Gasteiger partial charge in [-0.2, -0.15) is 5.10 Å². The van der Waals surface area contributed by atoms with Crippen LogP contribution in [0.3, 0.4) is 0 Å². The second kappa shape index (κ2) is 7.55. The number of carboxylic acids is 1. The zero-order valence-electron chi connectivity index (χ0n) is 14.7. The molecule has 8 heteroatoms. The van der Waals surface area contributed by atoms with E-state index >= 15 is 0 Å². The van der Waals surface area contributed by atoms with Crippen molar-refractivity contribution < 1.29 is 9.90 Å². The number of rotatable bonds is 6. The van der Waals surface area contributed by atoms with E-state index in [2.05, 4.69) is 31.3 Å². The summed E-state index contributed by atoms with van der Waals surface area (Å²) < 4.78 is 2.05. The largest absolute Gasteiger partial charge is 0.478 e. The van der Waals surface area contributed by atoms with Crippen molar-refractivity contribution in [2.24, 2.45) is 0 Å². The second-order valence-electron chi connectivity index (χ2n) is 6.49. The molecule has 0 atom stereocenters. The zero-order chi connectivity index (χ0) is 18.6.